The van der Waals surface area contributed by atoms with Crippen LogP contribution in [0.1, 0.15) is 30.5 Å². The molecule has 6 heteroatoms. The molecule has 0 aliphatic carbocycles. The molecule has 0 radical (unpaired) electrons. The third-order valence-electron chi connectivity index (χ3n) is 6.34. The molecule has 0 bridgehead atoms. The van der Waals surface area contributed by atoms with Crippen LogP contribution in [0.25, 0.3) is 10.8 Å². The second-order valence-corrected chi connectivity index (χ2v) is 10.4. The first-order chi connectivity index (χ1) is 16.5. The van der Waals surface area contributed by atoms with Crippen molar-refractivity contribution in [3.8, 4) is 5.75 Å². The van der Waals surface area contributed by atoms with Crippen molar-refractivity contribution in [1.29, 1.82) is 0 Å². The van der Waals surface area contributed by atoms with Crippen molar-refractivity contribution in [2.75, 3.05) is 11.3 Å². The highest BCUT2D eigenvalue weighted by molar-refractivity contribution is 7.93. The van der Waals surface area contributed by atoms with Gasteiger partial charge in [0.1, 0.15) is 11.9 Å². The molecule has 5 nitrogen and oxygen atoms in total. The van der Waals surface area contributed by atoms with Gasteiger partial charge in [0, 0.05) is 24.0 Å². The Morgan fingerprint density at radius 2 is 1.71 bits per heavy atom. The largest absolute Gasteiger partial charge is 0.489 e. The van der Waals surface area contributed by atoms with Crippen LogP contribution in [0.15, 0.2) is 95.9 Å². The highest BCUT2D eigenvalue weighted by atomic mass is 32.2. The smallest absolute Gasteiger partial charge is 0.262 e. The number of ether oxygens (including phenoxy) is 1. The topological polar surface area (TPSA) is 67.4 Å². The van der Waals surface area contributed by atoms with Gasteiger partial charge in [0.25, 0.3) is 10.0 Å². The highest BCUT2D eigenvalue weighted by Gasteiger charge is 2.22. The van der Waals surface area contributed by atoms with Crippen LogP contribution in [0.2, 0.25) is 0 Å². The molecule has 0 saturated carbocycles. The summed E-state index contributed by atoms with van der Waals surface area (Å²) in [6.45, 7) is 2.87. The Morgan fingerprint density at radius 1 is 0.941 bits per heavy atom. The quantitative estimate of drug-likeness (QED) is 0.363. The first kappa shape index (κ1) is 22.4. The third kappa shape index (κ3) is 4.79. The SMILES string of the molecule is C[C@@H](NC[C@H]1CCc2ccc(NS(=O)(=O)c3cccc4ccccc34)cc2O1)c1ccccc1. The lowest BCUT2D eigenvalue weighted by Crippen LogP contribution is -2.35. The fourth-order valence-corrected chi connectivity index (χ4v) is 5.72. The van der Waals surface area contributed by atoms with Gasteiger partial charge in [-0.15, -0.1) is 0 Å². The van der Waals surface area contributed by atoms with E-state index in [1.807, 2.05) is 54.6 Å². The Hall–Kier alpha value is -3.35. The van der Waals surface area contributed by atoms with Crippen LogP contribution in [-0.4, -0.2) is 21.1 Å². The minimum atomic E-state index is -3.75. The van der Waals surface area contributed by atoms with E-state index in [1.54, 1.807) is 24.3 Å². The average molecular weight is 473 g/mol. The predicted molar refractivity (Wildman–Crippen MR) is 137 cm³/mol. The third-order valence-corrected chi connectivity index (χ3v) is 7.78. The number of hydrogen-bond donors (Lipinski definition) is 2. The van der Waals surface area contributed by atoms with Crippen molar-refractivity contribution in [2.24, 2.45) is 0 Å². The molecule has 2 atom stereocenters. The minimum absolute atomic E-state index is 0.0311. The Morgan fingerprint density at radius 3 is 2.56 bits per heavy atom. The number of sulfonamides is 1. The second kappa shape index (κ2) is 9.49. The number of rotatable bonds is 7. The van der Waals surface area contributed by atoms with Gasteiger partial charge in [0.2, 0.25) is 0 Å². The van der Waals surface area contributed by atoms with Gasteiger partial charge < -0.3 is 10.1 Å². The van der Waals surface area contributed by atoms with Crippen LogP contribution < -0.4 is 14.8 Å². The summed E-state index contributed by atoms with van der Waals surface area (Å²) in [5.74, 6) is 0.739. The van der Waals surface area contributed by atoms with E-state index in [0.29, 0.717) is 11.1 Å². The monoisotopic (exact) mass is 472 g/mol. The van der Waals surface area contributed by atoms with Gasteiger partial charge >= 0.3 is 0 Å². The van der Waals surface area contributed by atoms with Crippen LogP contribution in [0, 0.1) is 0 Å². The molecular weight excluding hydrogens is 444 g/mol. The zero-order valence-corrected chi connectivity index (χ0v) is 19.9. The van der Waals surface area contributed by atoms with E-state index in [0.717, 1.165) is 36.1 Å². The fourth-order valence-electron chi connectivity index (χ4n) is 4.44. The van der Waals surface area contributed by atoms with E-state index in [-0.39, 0.29) is 17.0 Å². The maximum Gasteiger partial charge on any atom is 0.262 e. The lowest BCUT2D eigenvalue weighted by molar-refractivity contribution is 0.167. The first-order valence-electron chi connectivity index (χ1n) is 11.6. The molecule has 0 aromatic heterocycles. The van der Waals surface area contributed by atoms with Crippen LogP contribution in [0.5, 0.6) is 5.75 Å². The van der Waals surface area contributed by atoms with E-state index in [4.69, 9.17) is 4.74 Å². The molecule has 0 saturated heterocycles. The van der Waals surface area contributed by atoms with Crippen molar-refractivity contribution in [3.05, 3.63) is 102 Å². The van der Waals surface area contributed by atoms with Crippen LogP contribution >= 0.6 is 0 Å². The van der Waals surface area contributed by atoms with Crippen LogP contribution in [-0.2, 0) is 16.4 Å². The van der Waals surface area contributed by atoms with Gasteiger partial charge in [0.05, 0.1) is 10.6 Å². The van der Waals surface area contributed by atoms with Gasteiger partial charge in [-0.3, -0.25) is 4.72 Å². The van der Waals surface area contributed by atoms with Gasteiger partial charge in [-0.2, -0.15) is 0 Å². The summed E-state index contributed by atoms with van der Waals surface area (Å²) >= 11 is 0. The molecule has 0 unspecified atom stereocenters. The first-order valence-corrected chi connectivity index (χ1v) is 13.1. The fraction of sp³-hybridized carbons (Fsp3) is 0.214. The zero-order valence-electron chi connectivity index (χ0n) is 19.1. The number of fused-ring (bicyclic) bond motifs is 2. The Kier molecular flexibility index (Phi) is 6.26. The lowest BCUT2D eigenvalue weighted by Gasteiger charge is -2.28. The zero-order chi connectivity index (χ0) is 23.5. The molecule has 0 amide bonds. The molecule has 5 rings (SSSR count). The van der Waals surface area contributed by atoms with E-state index in [9.17, 15) is 8.42 Å². The molecule has 4 aromatic rings. The van der Waals surface area contributed by atoms with Crippen LogP contribution in [0.3, 0.4) is 0 Å². The number of nitrogens with one attached hydrogen (secondary N) is 2. The maximum atomic E-state index is 13.2. The van der Waals surface area contributed by atoms with E-state index in [2.05, 4.69) is 29.1 Å². The normalized spacial score (nSPS) is 16.4. The van der Waals surface area contributed by atoms with Crippen molar-refractivity contribution < 1.29 is 13.2 Å². The van der Waals surface area contributed by atoms with Gasteiger partial charge in [-0.1, -0.05) is 72.8 Å². The summed E-state index contributed by atoms with van der Waals surface area (Å²) in [6, 6.07) is 28.9. The maximum absolute atomic E-state index is 13.2. The van der Waals surface area contributed by atoms with Gasteiger partial charge in [0.15, 0.2) is 0 Å². The lowest BCUT2D eigenvalue weighted by atomic mass is 10.0. The Bertz CT molecular complexity index is 1400. The molecule has 0 fully saturated rings. The summed E-state index contributed by atoms with van der Waals surface area (Å²) in [5, 5.41) is 5.14. The van der Waals surface area contributed by atoms with Gasteiger partial charge in [-0.25, -0.2) is 8.42 Å². The van der Waals surface area contributed by atoms with E-state index in [1.165, 1.54) is 5.56 Å². The van der Waals surface area contributed by atoms with Crippen molar-refractivity contribution in [1.82, 2.24) is 5.32 Å². The summed E-state index contributed by atoms with van der Waals surface area (Å²) in [4.78, 5) is 0.265. The molecule has 34 heavy (non-hydrogen) atoms. The van der Waals surface area contributed by atoms with E-state index < -0.39 is 10.0 Å². The molecule has 174 valence electrons. The molecule has 1 heterocycles. The number of aryl methyl sites for hydroxylation is 1. The molecule has 2 N–H and O–H groups in total. The number of hydrogen-bond acceptors (Lipinski definition) is 4. The van der Waals surface area contributed by atoms with Crippen molar-refractivity contribution >= 4 is 26.5 Å². The Balaban J connectivity index is 1.30. The van der Waals surface area contributed by atoms with Crippen molar-refractivity contribution in [3.63, 3.8) is 0 Å². The summed E-state index contributed by atoms with van der Waals surface area (Å²) < 4.78 is 35.4. The number of anilines is 1. The molecule has 0 spiro atoms. The highest BCUT2D eigenvalue weighted by Crippen LogP contribution is 2.32. The van der Waals surface area contributed by atoms with Crippen LogP contribution in [0.4, 0.5) is 5.69 Å². The molecular formula is C28H28N2O3S. The number of benzene rings is 4. The summed E-state index contributed by atoms with van der Waals surface area (Å²) in [5.41, 5.74) is 2.84. The minimum Gasteiger partial charge on any atom is -0.489 e. The standard InChI is InChI=1S/C28H28N2O3S/c1-20(21-8-3-2-4-9-21)29-19-25-17-15-23-14-16-24(18-27(23)33-25)30-34(31,32)28-13-7-11-22-10-5-6-12-26(22)28/h2-14,16,18,20,25,29-30H,15,17,19H2,1H3/t20-,25-/m1/s1. The summed E-state index contributed by atoms with van der Waals surface area (Å²) in [7, 11) is -3.75. The molecule has 1 aliphatic heterocycles. The summed E-state index contributed by atoms with van der Waals surface area (Å²) in [6.07, 6.45) is 1.85. The molecule has 1 aliphatic rings. The second-order valence-electron chi connectivity index (χ2n) is 8.72. The molecule has 4 aromatic carbocycles. The predicted octanol–water partition coefficient (Wildman–Crippen LogP) is 5.69. The Labute approximate surface area is 200 Å². The van der Waals surface area contributed by atoms with Crippen molar-refractivity contribution in [2.45, 2.75) is 36.8 Å². The average Bonchev–Trinajstić information content (AvgIpc) is 2.87. The van der Waals surface area contributed by atoms with Gasteiger partial charge in [-0.05, 0) is 48.4 Å². The van der Waals surface area contributed by atoms with E-state index >= 15 is 0 Å².